The number of sulfonamides is 1. The van der Waals surface area contributed by atoms with Gasteiger partial charge in [0.25, 0.3) is 0 Å². The molecule has 0 unspecified atom stereocenters. The van der Waals surface area contributed by atoms with Crippen LogP contribution < -0.4 is 4.72 Å². The summed E-state index contributed by atoms with van der Waals surface area (Å²) < 4.78 is 28.3. The Morgan fingerprint density at radius 3 is 2.80 bits per heavy atom. The van der Waals surface area contributed by atoms with Gasteiger partial charge in [-0.25, -0.2) is 23.1 Å². The third-order valence-electron chi connectivity index (χ3n) is 2.70. The van der Waals surface area contributed by atoms with Crippen molar-refractivity contribution in [3.63, 3.8) is 0 Å². The fraction of sp³-hybridized carbons (Fsp3) is 0.333. The van der Waals surface area contributed by atoms with E-state index in [1.54, 1.807) is 12.5 Å². The molecule has 0 fully saturated rings. The summed E-state index contributed by atoms with van der Waals surface area (Å²) >= 11 is 5.62. The molecular formula is C12H15ClN4O2S. The first-order valence-electron chi connectivity index (χ1n) is 6.15. The van der Waals surface area contributed by atoms with Crippen molar-refractivity contribution in [1.82, 2.24) is 19.3 Å². The van der Waals surface area contributed by atoms with Crippen LogP contribution in [0, 0.1) is 0 Å². The van der Waals surface area contributed by atoms with Gasteiger partial charge in [0.15, 0.2) is 0 Å². The van der Waals surface area contributed by atoms with Crippen molar-refractivity contribution in [1.29, 1.82) is 0 Å². The highest BCUT2D eigenvalue weighted by atomic mass is 35.5. The van der Waals surface area contributed by atoms with Crippen LogP contribution in [-0.2, 0) is 16.6 Å². The SMILES string of the molecule is O=S(=O)(NCCCCn1ccnc1)c1ccc(Cl)nc1. The number of unbranched alkanes of at least 4 members (excludes halogenated alkanes) is 1. The molecule has 0 spiro atoms. The highest BCUT2D eigenvalue weighted by Crippen LogP contribution is 2.10. The molecule has 1 N–H and O–H groups in total. The zero-order valence-corrected chi connectivity index (χ0v) is 12.3. The third-order valence-corrected chi connectivity index (χ3v) is 4.37. The van der Waals surface area contributed by atoms with Crippen molar-refractivity contribution < 1.29 is 8.42 Å². The number of hydrogen-bond donors (Lipinski definition) is 1. The summed E-state index contributed by atoms with van der Waals surface area (Å²) in [5.41, 5.74) is 0. The minimum absolute atomic E-state index is 0.122. The van der Waals surface area contributed by atoms with E-state index in [1.807, 2.05) is 10.8 Å². The zero-order valence-electron chi connectivity index (χ0n) is 10.7. The first kappa shape index (κ1) is 15.0. The summed E-state index contributed by atoms with van der Waals surface area (Å²) in [4.78, 5) is 7.82. The molecule has 2 aromatic heterocycles. The van der Waals surface area contributed by atoms with Crippen LogP contribution in [0.3, 0.4) is 0 Å². The van der Waals surface area contributed by atoms with Crippen LogP contribution in [0.4, 0.5) is 0 Å². The van der Waals surface area contributed by atoms with Gasteiger partial charge in [-0.1, -0.05) is 11.6 Å². The molecule has 0 aromatic carbocycles. The standard InChI is InChI=1S/C12H15ClN4O2S/c13-12-4-3-11(9-15-12)20(18,19)16-5-1-2-7-17-8-6-14-10-17/h3-4,6,8-10,16H,1-2,5,7H2. The average molecular weight is 315 g/mol. The van der Waals surface area contributed by atoms with Gasteiger partial charge in [0.05, 0.1) is 6.33 Å². The molecular weight excluding hydrogens is 300 g/mol. The number of imidazole rings is 1. The zero-order chi connectivity index (χ0) is 14.4. The molecule has 108 valence electrons. The molecule has 20 heavy (non-hydrogen) atoms. The minimum Gasteiger partial charge on any atom is -0.337 e. The third kappa shape index (κ3) is 4.29. The van der Waals surface area contributed by atoms with Crippen molar-refractivity contribution in [2.24, 2.45) is 0 Å². The van der Waals surface area contributed by atoms with Crippen molar-refractivity contribution in [2.45, 2.75) is 24.3 Å². The van der Waals surface area contributed by atoms with Gasteiger partial charge < -0.3 is 4.57 Å². The molecule has 0 saturated carbocycles. The first-order chi connectivity index (χ1) is 9.58. The highest BCUT2D eigenvalue weighted by Gasteiger charge is 2.13. The maximum Gasteiger partial charge on any atom is 0.242 e. The molecule has 0 aliphatic rings. The van der Waals surface area contributed by atoms with E-state index >= 15 is 0 Å². The average Bonchev–Trinajstić information content (AvgIpc) is 2.92. The van der Waals surface area contributed by atoms with E-state index in [2.05, 4.69) is 14.7 Å². The second-order valence-corrected chi connectivity index (χ2v) is 6.38. The molecule has 6 nitrogen and oxygen atoms in total. The number of rotatable bonds is 7. The Kier molecular flexibility index (Phi) is 5.11. The van der Waals surface area contributed by atoms with E-state index in [9.17, 15) is 8.42 Å². The lowest BCUT2D eigenvalue weighted by atomic mass is 10.3. The van der Waals surface area contributed by atoms with Gasteiger partial charge in [-0.05, 0) is 25.0 Å². The van der Waals surface area contributed by atoms with Crippen LogP contribution in [0.25, 0.3) is 0 Å². The maximum absolute atomic E-state index is 11.9. The van der Waals surface area contributed by atoms with Gasteiger partial charge in [-0.15, -0.1) is 0 Å². The second kappa shape index (κ2) is 6.83. The van der Waals surface area contributed by atoms with Gasteiger partial charge in [0, 0.05) is 31.7 Å². The first-order valence-corrected chi connectivity index (χ1v) is 8.01. The lowest BCUT2D eigenvalue weighted by Crippen LogP contribution is -2.25. The van der Waals surface area contributed by atoms with Crippen molar-refractivity contribution in [3.8, 4) is 0 Å². The topological polar surface area (TPSA) is 76.9 Å². The lowest BCUT2D eigenvalue weighted by Gasteiger charge is -2.06. The number of nitrogens with zero attached hydrogens (tertiary/aromatic N) is 3. The van der Waals surface area contributed by atoms with Crippen LogP contribution in [0.5, 0.6) is 0 Å². The largest absolute Gasteiger partial charge is 0.337 e. The Labute approximate surface area is 122 Å². The summed E-state index contributed by atoms with van der Waals surface area (Å²) in [6.45, 7) is 1.21. The number of aryl methyl sites for hydroxylation is 1. The molecule has 0 bridgehead atoms. The summed E-state index contributed by atoms with van der Waals surface area (Å²) in [5.74, 6) is 0. The van der Waals surface area contributed by atoms with Gasteiger partial charge >= 0.3 is 0 Å². The Morgan fingerprint density at radius 1 is 1.30 bits per heavy atom. The highest BCUT2D eigenvalue weighted by molar-refractivity contribution is 7.89. The van der Waals surface area contributed by atoms with Crippen LogP contribution in [-0.4, -0.2) is 29.5 Å². The Morgan fingerprint density at radius 2 is 2.15 bits per heavy atom. The van der Waals surface area contributed by atoms with Crippen LogP contribution in [0.1, 0.15) is 12.8 Å². The normalized spacial score (nSPS) is 11.7. The summed E-state index contributed by atoms with van der Waals surface area (Å²) in [7, 11) is -3.50. The molecule has 0 radical (unpaired) electrons. The number of hydrogen-bond acceptors (Lipinski definition) is 4. The monoisotopic (exact) mass is 314 g/mol. The molecule has 0 atom stereocenters. The van der Waals surface area contributed by atoms with Crippen molar-refractivity contribution >= 4 is 21.6 Å². The molecule has 0 aliphatic heterocycles. The van der Waals surface area contributed by atoms with E-state index in [-0.39, 0.29) is 10.0 Å². The Balaban J connectivity index is 1.76. The van der Waals surface area contributed by atoms with E-state index < -0.39 is 10.0 Å². The van der Waals surface area contributed by atoms with E-state index in [1.165, 1.54) is 18.3 Å². The second-order valence-electron chi connectivity index (χ2n) is 4.22. The van der Waals surface area contributed by atoms with Crippen molar-refractivity contribution in [3.05, 3.63) is 42.2 Å². The fourth-order valence-electron chi connectivity index (χ4n) is 1.65. The molecule has 8 heteroatoms. The number of aromatic nitrogens is 3. The van der Waals surface area contributed by atoms with E-state index in [0.29, 0.717) is 6.54 Å². The van der Waals surface area contributed by atoms with Gasteiger partial charge in [0.1, 0.15) is 10.0 Å². The molecule has 0 amide bonds. The fourth-order valence-corrected chi connectivity index (χ4v) is 2.78. The van der Waals surface area contributed by atoms with Gasteiger partial charge in [0.2, 0.25) is 10.0 Å². The van der Waals surface area contributed by atoms with Crippen molar-refractivity contribution in [2.75, 3.05) is 6.54 Å². The Hall–Kier alpha value is -1.44. The predicted molar refractivity (Wildman–Crippen MR) is 75.9 cm³/mol. The summed E-state index contributed by atoms with van der Waals surface area (Å²) in [5, 5.41) is 0.268. The summed E-state index contributed by atoms with van der Waals surface area (Å²) in [6.07, 6.45) is 8.20. The molecule has 2 heterocycles. The number of nitrogens with one attached hydrogen (secondary N) is 1. The van der Waals surface area contributed by atoms with Gasteiger partial charge in [-0.2, -0.15) is 0 Å². The molecule has 2 aromatic rings. The predicted octanol–water partition coefficient (Wildman–Crippen LogP) is 1.69. The molecule has 0 saturated heterocycles. The number of halogens is 1. The molecule has 0 aliphatic carbocycles. The minimum atomic E-state index is -3.50. The smallest absolute Gasteiger partial charge is 0.242 e. The van der Waals surface area contributed by atoms with E-state index in [4.69, 9.17) is 11.6 Å². The number of pyridine rings is 1. The summed E-state index contributed by atoms with van der Waals surface area (Å²) in [6, 6.07) is 2.89. The van der Waals surface area contributed by atoms with Gasteiger partial charge in [-0.3, -0.25) is 0 Å². The van der Waals surface area contributed by atoms with Crippen LogP contribution in [0.15, 0.2) is 41.9 Å². The maximum atomic E-state index is 11.9. The molecule has 2 rings (SSSR count). The Bertz CT molecular complexity index is 626. The van der Waals surface area contributed by atoms with E-state index in [0.717, 1.165) is 19.4 Å². The quantitative estimate of drug-likeness (QED) is 0.623. The van der Waals surface area contributed by atoms with Crippen LogP contribution in [0.2, 0.25) is 5.15 Å². The van der Waals surface area contributed by atoms with Crippen LogP contribution >= 0.6 is 11.6 Å². The lowest BCUT2D eigenvalue weighted by molar-refractivity contribution is 0.566.